The Morgan fingerprint density at radius 2 is 1.94 bits per heavy atom. The molecule has 6 heteroatoms. The Kier molecular flexibility index (Phi) is 3.76. The highest BCUT2D eigenvalue weighted by Crippen LogP contribution is 2.24. The lowest BCUT2D eigenvalue weighted by Gasteiger charge is -2.29. The minimum absolute atomic E-state index is 0.142. The summed E-state index contributed by atoms with van der Waals surface area (Å²) in [5.41, 5.74) is -0.254. The van der Waals surface area contributed by atoms with Crippen LogP contribution in [0.1, 0.15) is 10.4 Å². The Morgan fingerprint density at radius 3 is 2.56 bits per heavy atom. The van der Waals surface area contributed by atoms with Gasteiger partial charge in [-0.2, -0.15) is 0 Å². The van der Waals surface area contributed by atoms with Crippen LogP contribution < -0.4 is 4.90 Å². The lowest BCUT2D eigenvalue weighted by Crippen LogP contribution is -2.36. The van der Waals surface area contributed by atoms with E-state index >= 15 is 0 Å². The summed E-state index contributed by atoms with van der Waals surface area (Å²) in [6.45, 7) is 1.93. The van der Waals surface area contributed by atoms with Gasteiger partial charge in [0.25, 0.3) is 0 Å². The van der Waals surface area contributed by atoms with Gasteiger partial charge in [0.15, 0.2) is 0 Å². The third-order valence-electron chi connectivity index (χ3n) is 2.79. The molecular weight excluding hydrogens is 244 g/mol. The highest BCUT2D eigenvalue weighted by atomic mass is 19.1. The Labute approximate surface area is 103 Å². The summed E-state index contributed by atoms with van der Waals surface area (Å²) < 4.78 is 37.1. The quantitative estimate of drug-likeness (QED) is 0.754. The number of rotatable bonds is 2. The van der Waals surface area contributed by atoms with Crippen molar-refractivity contribution in [1.82, 2.24) is 0 Å². The lowest BCUT2D eigenvalue weighted by atomic mass is 10.1. The van der Waals surface area contributed by atoms with Crippen molar-refractivity contribution in [3.8, 4) is 0 Å². The fourth-order valence-corrected chi connectivity index (χ4v) is 1.85. The summed E-state index contributed by atoms with van der Waals surface area (Å²) in [5, 5.41) is 0. The van der Waals surface area contributed by atoms with E-state index in [4.69, 9.17) is 4.74 Å². The molecule has 1 aromatic carbocycles. The lowest BCUT2D eigenvalue weighted by molar-refractivity contribution is 0.0595. The van der Waals surface area contributed by atoms with E-state index in [-0.39, 0.29) is 5.69 Å². The van der Waals surface area contributed by atoms with Crippen LogP contribution in [0, 0.1) is 11.6 Å². The molecule has 1 fully saturated rings. The molecule has 0 radical (unpaired) electrons. The van der Waals surface area contributed by atoms with Crippen molar-refractivity contribution in [2.45, 2.75) is 0 Å². The molecule has 0 saturated carbocycles. The maximum atomic E-state index is 13.9. The van der Waals surface area contributed by atoms with Crippen LogP contribution in [0.3, 0.4) is 0 Å². The third-order valence-corrected chi connectivity index (χ3v) is 2.79. The van der Waals surface area contributed by atoms with Crippen LogP contribution in [0.4, 0.5) is 14.5 Å². The number of benzene rings is 1. The molecule has 0 spiro atoms. The fourth-order valence-electron chi connectivity index (χ4n) is 1.85. The van der Waals surface area contributed by atoms with Gasteiger partial charge in [-0.25, -0.2) is 13.6 Å². The van der Waals surface area contributed by atoms with Crippen molar-refractivity contribution in [3.63, 3.8) is 0 Å². The normalized spacial score (nSPS) is 15.6. The zero-order valence-corrected chi connectivity index (χ0v) is 9.91. The second-order valence-electron chi connectivity index (χ2n) is 3.87. The van der Waals surface area contributed by atoms with Crippen molar-refractivity contribution in [3.05, 3.63) is 29.3 Å². The number of nitrogens with zero attached hydrogens (tertiary/aromatic N) is 1. The number of carbonyl (C=O) groups is 1. The van der Waals surface area contributed by atoms with E-state index in [0.717, 1.165) is 19.2 Å². The van der Waals surface area contributed by atoms with E-state index in [1.54, 1.807) is 4.90 Å². The summed E-state index contributed by atoms with van der Waals surface area (Å²) in [5.74, 6) is -2.32. The van der Waals surface area contributed by atoms with E-state index in [1.165, 1.54) is 0 Å². The highest BCUT2D eigenvalue weighted by Gasteiger charge is 2.21. The van der Waals surface area contributed by atoms with E-state index in [1.807, 2.05) is 0 Å². The van der Waals surface area contributed by atoms with E-state index < -0.39 is 23.2 Å². The van der Waals surface area contributed by atoms with Crippen molar-refractivity contribution < 1.29 is 23.0 Å². The monoisotopic (exact) mass is 257 g/mol. The summed E-state index contributed by atoms with van der Waals surface area (Å²) >= 11 is 0. The number of halogens is 2. The number of morpholine rings is 1. The summed E-state index contributed by atoms with van der Waals surface area (Å²) in [4.78, 5) is 12.9. The molecule has 0 N–H and O–H groups in total. The summed E-state index contributed by atoms with van der Waals surface area (Å²) in [7, 11) is 1.12. The molecule has 1 aromatic rings. The van der Waals surface area contributed by atoms with Crippen LogP contribution in [0.5, 0.6) is 0 Å². The predicted octanol–water partition coefficient (Wildman–Crippen LogP) is 1.59. The molecular formula is C12H13F2NO3. The Balaban J connectivity index is 2.33. The van der Waals surface area contributed by atoms with Gasteiger partial charge in [0.05, 0.1) is 31.6 Å². The molecule has 1 aliphatic heterocycles. The Bertz CT molecular complexity index is 459. The Hall–Kier alpha value is -1.69. The van der Waals surface area contributed by atoms with Crippen molar-refractivity contribution in [1.29, 1.82) is 0 Å². The summed E-state index contributed by atoms with van der Waals surface area (Å²) in [6, 6.07) is 1.89. The van der Waals surface area contributed by atoms with E-state index in [9.17, 15) is 13.6 Å². The minimum atomic E-state index is -0.889. The fraction of sp³-hybridized carbons (Fsp3) is 0.417. The zero-order valence-electron chi connectivity index (χ0n) is 9.91. The van der Waals surface area contributed by atoms with Crippen molar-refractivity contribution in [2.24, 2.45) is 0 Å². The van der Waals surface area contributed by atoms with Crippen molar-refractivity contribution >= 4 is 11.7 Å². The molecule has 18 heavy (non-hydrogen) atoms. The van der Waals surface area contributed by atoms with Crippen LogP contribution >= 0.6 is 0 Å². The molecule has 0 atom stereocenters. The van der Waals surface area contributed by atoms with E-state index in [2.05, 4.69) is 4.74 Å². The van der Waals surface area contributed by atoms with E-state index in [0.29, 0.717) is 26.3 Å². The standard InChI is InChI=1S/C12H13F2NO3/c1-17-12(16)8-6-10(14)11(7-9(8)13)15-2-4-18-5-3-15/h6-7H,2-5H2,1H3. The van der Waals surface area contributed by atoms with Gasteiger partial charge in [-0.3, -0.25) is 0 Å². The van der Waals surface area contributed by atoms with Crippen LogP contribution in [-0.2, 0) is 9.47 Å². The number of anilines is 1. The first-order chi connectivity index (χ1) is 8.63. The van der Waals surface area contributed by atoms with Crippen molar-refractivity contribution in [2.75, 3.05) is 38.3 Å². The molecule has 1 aliphatic rings. The smallest absolute Gasteiger partial charge is 0.340 e. The first-order valence-electron chi connectivity index (χ1n) is 5.53. The first kappa shape index (κ1) is 12.8. The largest absolute Gasteiger partial charge is 0.465 e. The molecule has 0 unspecified atom stereocenters. The summed E-state index contributed by atoms with van der Waals surface area (Å²) in [6.07, 6.45) is 0. The zero-order chi connectivity index (χ0) is 13.1. The van der Waals surface area contributed by atoms with Crippen LogP contribution in [0.25, 0.3) is 0 Å². The molecule has 1 saturated heterocycles. The number of esters is 1. The topological polar surface area (TPSA) is 38.8 Å². The first-order valence-corrected chi connectivity index (χ1v) is 5.53. The molecule has 0 aromatic heterocycles. The highest BCUT2D eigenvalue weighted by molar-refractivity contribution is 5.90. The number of hydrogen-bond donors (Lipinski definition) is 0. The van der Waals surface area contributed by atoms with Gasteiger partial charge in [0.1, 0.15) is 11.6 Å². The molecule has 0 aliphatic carbocycles. The van der Waals surface area contributed by atoms with Gasteiger partial charge in [-0.05, 0) is 6.07 Å². The number of hydrogen-bond acceptors (Lipinski definition) is 4. The number of methoxy groups -OCH3 is 1. The SMILES string of the molecule is COC(=O)c1cc(F)c(N2CCOCC2)cc1F. The van der Waals surface area contributed by atoms with Crippen LogP contribution in [0.15, 0.2) is 12.1 Å². The molecule has 0 amide bonds. The number of carbonyl (C=O) groups excluding carboxylic acids is 1. The maximum absolute atomic E-state index is 13.9. The predicted molar refractivity (Wildman–Crippen MR) is 60.7 cm³/mol. The molecule has 2 rings (SSSR count). The molecule has 98 valence electrons. The Morgan fingerprint density at radius 1 is 1.28 bits per heavy atom. The van der Waals surface area contributed by atoms with Gasteiger partial charge in [0, 0.05) is 19.2 Å². The second kappa shape index (κ2) is 5.30. The third kappa shape index (κ3) is 2.43. The average Bonchev–Trinajstić information content (AvgIpc) is 2.41. The van der Waals surface area contributed by atoms with Crippen LogP contribution in [-0.4, -0.2) is 39.4 Å². The minimum Gasteiger partial charge on any atom is -0.465 e. The molecule has 4 nitrogen and oxygen atoms in total. The van der Waals surface area contributed by atoms with Gasteiger partial charge in [0.2, 0.25) is 0 Å². The van der Waals surface area contributed by atoms with Crippen LogP contribution in [0.2, 0.25) is 0 Å². The van der Waals surface area contributed by atoms with Gasteiger partial charge >= 0.3 is 5.97 Å². The average molecular weight is 257 g/mol. The second-order valence-corrected chi connectivity index (χ2v) is 3.87. The molecule has 0 bridgehead atoms. The van der Waals surface area contributed by atoms with Gasteiger partial charge in [-0.15, -0.1) is 0 Å². The van der Waals surface area contributed by atoms with Gasteiger partial charge in [-0.1, -0.05) is 0 Å². The molecule has 1 heterocycles. The van der Waals surface area contributed by atoms with Gasteiger partial charge < -0.3 is 14.4 Å². The number of ether oxygens (including phenoxy) is 2. The maximum Gasteiger partial charge on any atom is 0.340 e.